The van der Waals surface area contributed by atoms with Crippen molar-refractivity contribution in [3.63, 3.8) is 0 Å². The maximum absolute atomic E-state index is 8.55. The van der Waals surface area contributed by atoms with Crippen molar-refractivity contribution in [2.75, 3.05) is 0 Å². The molecule has 4 nitrogen and oxygen atoms in total. The van der Waals surface area contributed by atoms with Crippen LogP contribution in [0.4, 0.5) is 0 Å². The zero-order valence-corrected chi connectivity index (χ0v) is 4.76. The normalized spacial score (nSPS) is 9.83. The Morgan fingerprint density at radius 3 is 1.17 bits per heavy atom. The summed E-state index contributed by atoms with van der Waals surface area (Å²) in [5, 5.41) is 0. The standard InChI is InChI=1S/Ag.H3O4P/c;1-5(2,3)4/h;(H3,1,2,3,4)/q+3;/p-3. The average molecular weight is 203 g/mol. The van der Waals surface area contributed by atoms with Crippen molar-refractivity contribution >= 4 is 7.82 Å². The first kappa shape index (κ1) is 9.97. The third-order valence-corrected chi connectivity index (χ3v) is 0. The Kier molecular flexibility index (Phi) is 4.87. The Bertz CT molecular complexity index is 53.7. The van der Waals surface area contributed by atoms with Gasteiger partial charge in [0.1, 0.15) is 0 Å². The summed E-state index contributed by atoms with van der Waals surface area (Å²) in [5.74, 6) is 0. The summed E-state index contributed by atoms with van der Waals surface area (Å²) >= 11 is 0. The second kappa shape index (κ2) is 2.93. The van der Waals surface area contributed by atoms with Crippen LogP contribution in [0.2, 0.25) is 0 Å². The molecular weight excluding hydrogens is 203 g/mol. The molecule has 40 valence electrons. The van der Waals surface area contributed by atoms with E-state index < -0.39 is 7.82 Å². The topological polar surface area (TPSA) is 86.2 Å². The molecule has 0 aliphatic carbocycles. The predicted molar refractivity (Wildman–Crippen MR) is 7.61 cm³/mol. The molecule has 0 saturated carbocycles. The van der Waals surface area contributed by atoms with E-state index in [0.29, 0.717) is 0 Å². The van der Waals surface area contributed by atoms with Crippen molar-refractivity contribution < 1.29 is 41.6 Å². The molecule has 0 atom stereocenters. The van der Waals surface area contributed by atoms with Crippen LogP contribution in [0.3, 0.4) is 0 Å². The van der Waals surface area contributed by atoms with E-state index in [4.69, 9.17) is 19.2 Å². The van der Waals surface area contributed by atoms with Crippen LogP contribution in [-0.2, 0) is 26.9 Å². The Hall–Kier alpha value is 0.850. The van der Waals surface area contributed by atoms with Crippen LogP contribution in [0.25, 0.3) is 0 Å². The van der Waals surface area contributed by atoms with E-state index in [-0.39, 0.29) is 22.4 Å². The van der Waals surface area contributed by atoms with Gasteiger partial charge in [0.15, 0.2) is 0 Å². The molecule has 0 aromatic rings. The molecule has 0 radical (unpaired) electrons. The zero-order valence-electron chi connectivity index (χ0n) is 2.38. The molecular formula is AgO4P. The van der Waals surface area contributed by atoms with Crippen molar-refractivity contribution in [1.82, 2.24) is 0 Å². The molecule has 0 fully saturated rings. The number of hydrogen-bond acceptors (Lipinski definition) is 4. The Morgan fingerprint density at radius 1 is 1.17 bits per heavy atom. The third-order valence-electron chi connectivity index (χ3n) is 0. The number of rotatable bonds is 0. The van der Waals surface area contributed by atoms with Gasteiger partial charge in [-0.05, 0) is 0 Å². The minimum absolute atomic E-state index is 0. The van der Waals surface area contributed by atoms with Gasteiger partial charge in [0, 0.05) is 0 Å². The summed E-state index contributed by atoms with van der Waals surface area (Å²) in [5.41, 5.74) is 0. The molecule has 0 bridgehead atoms. The van der Waals surface area contributed by atoms with Gasteiger partial charge in [-0.1, -0.05) is 0 Å². The van der Waals surface area contributed by atoms with E-state index in [1.54, 1.807) is 0 Å². The second-order valence-electron chi connectivity index (χ2n) is 0.447. The van der Waals surface area contributed by atoms with E-state index in [1.807, 2.05) is 0 Å². The first-order valence-corrected chi connectivity index (χ1v) is 2.19. The molecule has 0 aliphatic rings. The molecule has 0 N–H and O–H groups in total. The van der Waals surface area contributed by atoms with E-state index in [1.165, 1.54) is 0 Å². The average Bonchev–Trinajstić information content (AvgIpc) is 0.722. The molecule has 6 heavy (non-hydrogen) atoms. The first-order chi connectivity index (χ1) is 2.00. The van der Waals surface area contributed by atoms with Gasteiger partial charge >= 0.3 is 22.4 Å². The van der Waals surface area contributed by atoms with Gasteiger partial charge in [-0.2, -0.15) is 7.82 Å². The molecule has 0 amide bonds. The predicted octanol–water partition coefficient (Wildman–Crippen LogP) is -2.83. The van der Waals surface area contributed by atoms with Crippen molar-refractivity contribution in [2.24, 2.45) is 0 Å². The summed E-state index contributed by atoms with van der Waals surface area (Å²) in [6, 6.07) is 0. The maximum Gasteiger partial charge on any atom is 3.00 e. The molecule has 0 spiro atoms. The first-order valence-electron chi connectivity index (χ1n) is 0.730. The van der Waals surface area contributed by atoms with Gasteiger partial charge in [0.05, 0.1) is 0 Å². The van der Waals surface area contributed by atoms with E-state index in [0.717, 1.165) is 0 Å². The molecule has 0 aliphatic heterocycles. The SMILES string of the molecule is O=P([O-])([O-])[O-].[Ag+3]. The van der Waals surface area contributed by atoms with Crippen LogP contribution in [0, 0.1) is 0 Å². The summed E-state index contributed by atoms with van der Waals surface area (Å²) in [6.45, 7) is 0. The number of phosphoric acid groups is 1. The minimum atomic E-state index is -5.39. The molecule has 0 aromatic heterocycles. The van der Waals surface area contributed by atoms with E-state index >= 15 is 0 Å². The van der Waals surface area contributed by atoms with Gasteiger partial charge in [-0.25, -0.2) is 0 Å². The van der Waals surface area contributed by atoms with Gasteiger partial charge in [0.25, 0.3) is 0 Å². The monoisotopic (exact) mass is 202 g/mol. The van der Waals surface area contributed by atoms with Crippen molar-refractivity contribution in [1.29, 1.82) is 0 Å². The molecule has 0 unspecified atom stereocenters. The van der Waals surface area contributed by atoms with Crippen LogP contribution in [0.1, 0.15) is 0 Å². The third kappa shape index (κ3) is 99.5. The van der Waals surface area contributed by atoms with Gasteiger partial charge < -0.3 is 19.2 Å². The molecule has 0 saturated heterocycles. The van der Waals surface area contributed by atoms with Gasteiger partial charge in [-0.15, -0.1) is 0 Å². The Balaban J connectivity index is 0. The Labute approximate surface area is 49.9 Å². The summed E-state index contributed by atoms with van der Waals surface area (Å²) in [6.07, 6.45) is 0. The largest absolute Gasteiger partial charge is 3.00 e. The maximum atomic E-state index is 8.55. The zero-order chi connectivity index (χ0) is 4.50. The van der Waals surface area contributed by atoms with Crippen LogP contribution in [0.5, 0.6) is 0 Å². The van der Waals surface area contributed by atoms with Crippen LogP contribution >= 0.6 is 7.82 Å². The summed E-state index contributed by atoms with van der Waals surface area (Å²) in [7, 11) is -5.39. The molecule has 0 aromatic carbocycles. The molecule has 0 rings (SSSR count). The van der Waals surface area contributed by atoms with Crippen LogP contribution in [0.15, 0.2) is 0 Å². The van der Waals surface area contributed by atoms with Crippen molar-refractivity contribution in [2.45, 2.75) is 0 Å². The summed E-state index contributed by atoms with van der Waals surface area (Å²) in [4.78, 5) is 25.6. The fourth-order valence-electron chi connectivity index (χ4n) is 0. The van der Waals surface area contributed by atoms with Crippen molar-refractivity contribution in [3.05, 3.63) is 0 Å². The summed E-state index contributed by atoms with van der Waals surface area (Å²) < 4.78 is 8.55. The number of hydrogen-bond donors (Lipinski definition) is 0. The van der Waals surface area contributed by atoms with Crippen molar-refractivity contribution in [3.8, 4) is 0 Å². The van der Waals surface area contributed by atoms with E-state index in [9.17, 15) is 0 Å². The Morgan fingerprint density at radius 2 is 1.17 bits per heavy atom. The van der Waals surface area contributed by atoms with Crippen LogP contribution in [-0.4, -0.2) is 0 Å². The van der Waals surface area contributed by atoms with Gasteiger partial charge in [0.2, 0.25) is 0 Å². The molecule has 6 heteroatoms. The quantitative estimate of drug-likeness (QED) is 0.313. The van der Waals surface area contributed by atoms with Crippen LogP contribution < -0.4 is 14.7 Å². The van der Waals surface area contributed by atoms with Gasteiger partial charge in [-0.3, -0.25) is 0 Å². The smallest absolute Gasteiger partial charge is 0.822 e. The fourth-order valence-corrected chi connectivity index (χ4v) is 0. The van der Waals surface area contributed by atoms with E-state index in [2.05, 4.69) is 0 Å². The fraction of sp³-hybridized carbons (Fsp3) is 0. The second-order valence-corrected chi connectivity index (χ2v) is 1.34. The minimum Gasteiger partial charge on any atom is -0.822 e. The molecule has 0 heterocycles.